The first kappa shape index (κ1) is 13.8. The molecule has 1 aromatic carbocycles. The number of carbonyl (C=O) groups excluding carboxylic acids is 2. The van der Waals surface area contributed by atoms with Crippen LogP contribution in [0, 0.1) is 6.92 Å². The highest BCUT2D eigenvalue weighted by molar-refractivity contribution is 5.99. The van der Waals surface area contributed by atoms with Crippen molar-refractivity contribution in [3.05, 3.63) is 29.3 Å². The normalized spacial score (nSPS) is 9.67. The van der Waals surface area contributed by atoms with Gasteiger partial charge in [0.25, 0.3) is 5.91 Å². The second kappa shape index (κ2) is 6.48. The first-order valence-electron chi connectivity index (χ1n) is 5.64. The van der Waals surface area contributed by atoms with Crippen LogP contribution in [0.4, 0.5) is 10.5 Å². The van der Waals surface area contributed by atoms with E-state index in [1.807, 2.05) is 25.1 Å². The van der Waals surface area contributed by atoms with Gasteiger partial charge in [0.05, 0.1) is 5.56 Å². The van der Waals surface area contributed by atoms with Crippen LogP contribution in [0.1, 0.15) is 15.9 Å². The number of aryl methyl sites for hydroxylation is 1. The van der Waals surface area contributed by atoms with E-state index in [0.29, 0.717) is 18.7 Å². The zero-order chi connectivity index (χ0) is 13.5. The molecular formula is C12H18N4O2. The molecule has 1 aromatic rings. The van der Waals surface area contributed by atoms with Gasteiger partial charge in [0.15, 0.2) is 0 Å². The molecule has 0 saturated heterocycles. The molecule has 0 aliphatic rings. The Morgan fingerprint density at radius 2 is 1.89 bits per heavy atom. The molecule has 0 unspecified atom stereocenters. The number of benzene rings is 1. The number of nitrogens with two attached hydrogens (primary N) is 1. The van der Waals surface area contributed by atoms with E-state index in [1.165, 1.54) is 0 Å². The molecule has 5 N–H and O–H groups in total. The van der Waals surface area contributed by atoms with Crippen molar-refractivity contribution in [2.75, 3.05) is 25.5 Å². The molecule has 18 heavy (non-hydrogen) atoms. The number of amides is 3. The summed E-state index contributed by atoms with van der Waals surface area (Å²) in [5.41, 5.74) is 7.27. The lowest BCUT2D eigenvalue weighted by Gasteiger charge is -2.10. The van der Waals surface area contributed by atoms with E-state index in [0.717, 1.165) is 11.3 Å². The molecule has 98 valence electrons. The number of nitrogens with one attached hydrogen (secondary N) is 3. The van der Waals surface area contributed by atoms with Gasteiger partial charge in [-0.25, -0.2) is 4.79 Å². The van der Waals surface area contributed by atoms with Crippen LogP contribution in [0.25, 0.3) is 0 Å². The topological polar surface area (TPSA) is 96.2 Å². The summed E-state index contributed by atoms with van der Waals surface area (Å²) in [4.78, 5) is 22.4. The number of urea groups is 1. The van der Waals surface area contributed by atoms with E-state index < -0.39 is 6.03 Å². The molecule has 0 atom stereocenters. The zero-order valence-electron chi connectivity index (χ0n) is 10.5. The minimum absolute atomic E-state index is 0.186. The second-order valence-electron chi connectivity index (χ2n) is 3.85. The van der Waals surface area contributed by atoms with Gasteiger partial charge in [-0.15, -0.1) is 0 Å². The average Bonchev–Trinajstić information content (AvgIpc) is 2.34. The Labute approximate surface area is 106 Å². The highest BCUT2D eigenvalue weighted by atomic mass is 16.2. The fourth-order valence-electron chi connectivity index (χ4n) is 1.52. The Morgan fingerprint density at radius 1 is 1.22 bits per heavy atom. The van der Waals surface area contributed by atoms with Crippen LogP contribution in [0.5, 0.6) is 0 Å². The average molecular weight is 250 g/mol. The van der Waals surface area contributed by atoms with Crippen molar-refractivity contribution in [3.8, 4) is 0 Å². The van der Waals surface area contributed by atoms with Gasteiger partial charge in [-0.1, -0.05) is 11.6 Å². The van der Waals surface area contributed by atoms with Gasteiger partial charge < -0.3 is 21.7 Å². The Kier molecular flexibility index (Phi) is 4.98. The summed E-state index contributed by atoms with van der Waals surface area (Å²) in [6.45, 7) is 2.56. The summed E-state index contributed by atoms with van der Waals surface area (Å²) in [5.74, 6) is -0.186. The van der Waals surface area contributed by atoms with Gasteiger partial charge >= 0.3 is 6.03 Å². The van der Waals surface area contributed by atoms with E-state index in [-0.39, 0.29) is 5.91 Å². The summed E-state index contributed by atoms with van der Waals surface area (Å²) >= 11 is 0. The van der Waals surface area contributed by atoms with Gasteiger partial charge in [0.2, 0.25) is 0 Å². The van der Waals surface area contributed by atoms with Crippen molar-refractivity contribution in [2.45, 2.75) is 6.92 Å². The van der Waals surface area contributed by atoms with Gasteiger partial charge in [-0.2, -0.15) is 0 Å². The highest BCUT2D eigenvalue weighted by Crippen LogP contribution is 2.16. The van der Waals surface area contributed by atoms with Crippen molar-refractivity contribution >= 4 is 17.6 Å². The van der Waals surface area contributed by atoms with Crippen LogP contribution in [0.2, 0.25) is 0 Å². The highest BCUT2D eigenvalue weighted by Gasteiger charge is 2.10. The third-order valence-electron chi connectivity index (χ3n) is 2.40. The van der Waals surface area contributed by atoms with Crippen molar-refractivity contribution in [1.29, 1.82) is 0 Å². The summed E-state index contributed by atoms with van der Waals surface area (Å²) in [7, 11) is 1.76. The molecule has 0 aliphatic heterocycles. The maximum atomic E-state index is 11.9. The standard InChI is InChI=1S/C12H18N4O2/c1-8-3-4-10(14-2)9(7-8)11(17)15-5-6-16-12(13)18/h3-4,7,14H,5-6H2,1-2H3,(H,15,17)(H3,13,16,18). The lowest BCUT2D eigenvalue weighted by Crippen LogP contribution is -2.37. The third-order valence-corrected chi connectivity index (χ3v) is 2.40. The van der Waals surface area contributed by atoms with Crippen LogP contribution in [-0.4, -0.2) is 32.1 Å². The van der Waals surface area contributed by atoms with E-state index in [4.69, 9.17) is 5.73 Å². The lowest BCUT2D eigenvalue weighted by molar-refractivity contribution is 0.0954. The predicted octanol–water partition coefficient (Wildman–Crippen LogP) is 0.435. The molecule has 1 rings (SSSR count). The molecule has 3 amide bonds. The smallest absolute Gasteiger partial charge is 0.312 e. The number of rotatable bonds is 5. The number of anilines is 1. The second-order valence-corrected chi connectivity index (χ2v) is 3.85. The molecule has 0 saturated carbocycles. The van der Waals surface area contributed by atoms with E-state index >= 15 is 0 Å². The maximum Gasteiger partial charge on any atom is 0.312 e. The van der Waals surface area contributed by atoms with Gasteiger partial charge in [0.1, 0.15) is 0 Å². The summed E-state index contributed by atoms with van der Waals surface area (Å²) < 4.78 is 0. The fourth-order valence-corrected chi connectivity index (χ4v) is 1.52. The Bertz CT molecular complexity index is 446. The largest absolute Gasteiger partial charge is 0.387 e. The van der Waals surface area contributed by atoms with Gasteiger partial charge in [0, 0.05) is 25.8 Å². The molecular weight excluding hydrogens is 232 g/mol. The zero-order valence-corrected chi connectivity index (χ0v) is 10.5. The van der Waals surface area contributed by atoms with Crippen LogP contribution in [0.15, 0.2) is 18.2 Å². The maximum absolute atomic E-state index is 11.9. The minimum Gasteiger partial charge on any atom is -0.387 e. The molecule has 6 heteroatoms. The fraction of sp³-hybridized carbons (Fsp3) is 0.333. The van der Waals surface area contributed by atoms with Crippen LogP contribution >= 0.6 is 0 Å². The summed E-state index contributed by atoms with van der Waals surface area (Å²) in [6.07, 6.45) is 0. The van der Waals surface area contributed by atoms with Crippen molar-refractivity contribution < 1.29 is 9.59 Å². The molecule has 6 nitrogen and oxygen atoms in total. The van der Waals surface area contributed by atoms with Gasteiger partial charge in [-0.3, -0.25) is 4.79 Å². The van der Waals surface area contributed by atoms with Crippen molar-refractivity contribution in [3.63, 3.8) is 0 Å². The molecule has 0 radical (unpaired) electrons. The number of carbonyl (C=O) groups is 2. The molecule has 0 aromatic heterocycles. The molecule has 0 heterocycles. The predicted molar refractivity (Wildman–Crippen MR) is 70.6 cm³/mol. The quantitative estimate of drug-likeness (QED) is 0.571. The molecule has 0 fully saturated rings. The number of hydrogen-bond donors (Lipinski definition) is 4. The lowest BCUT2D eigenvalue weighted by atomic mass is 10.1. The Balaban J connectivity index is 2.60. The van der Waals surface area contributed by atoms with E-state index in [9.17, 15) is 9.59 Å². The molecule has 0 bridgehead atoms. The first-order chi connectivity index (χ1) is 8.54. The van der Waals surface area contributed by atoms with E-state index in [2.05, 4.69) is 16.0 Å². The van der Waals surface area contributed by atoms with E-state index in [1.54, 1.807) is 7.05 Å². The molecule has 0 aliphatic carbocycles. The van der Waals surface area contributed by atoms with Crippen molar-refractivity contribution in [2.24, 2.45) is 5.73 Å². The number of primary amides is 1. The molecule has 0 spiro atoms. The monoisotopic (exact) mass is 250 g/mol. The Morgan fingerprint density at radius 3 is 2.50 bits per heavy atom. The summed E-state index contributed by atoms with van der Waals surface area (Å²) in [6, 6.07) is 4.99. The summed E-state index contributed by atoms with van der Waals surface area (Å²) in [5, 5.41) is 8.07. The van der Waals surface area contributed by atoms with Crippen LogP contribution < -0.4 is 21.7 Å². The number of hydrogen-bond acceptors (Lipinski definition) is 3. The Hall–Kier alpha value is -2.24. The van der Waals surface area contributed by atoms with Crippen LogP contribution in [-0.2, 0) is 0 Å². The van der Waals surface area contributed by atoms with Crippen LogP contribution in [0.3, 0.4) is 0 Å². The SMILES string of the molecule is CNc1ccc(C)cc1C(=O)NCCNC(N)=O. The van der Waals surface area contributed by atoms with Crippen molar-refractivity contribution in [1.82, 2.24) is 10.6 Å². The minimum atomic E-state index is -0.601. The van der Waals surface area contributed by atoms with Gasteiger partial charge in [-0.05, 0) is 19.1 Å². The first-order valence-corrected chi connectivity index (χ1v) is 5.64. The third kappa shape index (κ3) is 3.97.